The minimum Gasteiger partial charge on any atom is -0.507 e. The van der Waals surface area contributed by atoms with Crippen LogP contribution in [0.1, 0.15) is 22.9 Å². The molecule has 2 aromatic carbocycles. The number of benzene rings is 2. The summed E-state index contributed by atoms with van der Waals surface area (Å²) in [4.78, 5) is 27.5. The molecule has 2 heterocycles. The third kappa shape index (κ3) is 4.39. The van der Waals surface area contributed by atoms with Crippen molar-refractivity contribution in [1.82, 2.24) is 4.90 Å². The van der Waals surface area contributed by atoms with E-state index in [4.69, 9.17) is 13.9 Å². The summed E-state index contributed by atoms with van der Waals surface area (Å²) in [6.07, 6.45) is 3.13. The molecule has 4 rings (SSSR count). The van der Waals surface area contributed by atoms with Crippen LogP contribution in [0.4, 0.5) is 0 Å². The number of methoxy groups -OCH3 is 1. The van der Waals surface area contributed by atoms with Crippen LogP contribution in [0.15, 0.2) is 89.6 Å². The molecule has 1 atom stereocenters. The number of hydrogen-bond donors (Lipinski definition) is 1. The van der Waals surface area contributed by atoms with Crippen LogP contribution in [0.5, 0.6) is 11.5 Å². The van der Waals surface area contributed by atoms with E-state index in [2.05, 4.69) is 6.58 Å². The molecule has 0 spiro atoms. The molecular formula is C26H23NO6. The maximum atomic E-state index is 13.1. The van der Waals surface area contributed by atoms with E-state index in [0.717, 1.165) is 0 Å². The fraction of sp³-hybridized carbons (Fsp3) is 0.154. The largest absolute Gasteiger partial charge is 0.507 e. The van der Waals surface area contributed by atoms with Gasteiger partial charge in [0, 0.05) is 5.56 Å². The number of ketones is 1. The van der Waals surface area contributed by atoms with E-state index in [-0.39, 0.29) is 17.9 Å². The van der Waals surface area contributed by atoms with Crippen molar-refractivity contribution in [2.45, 2.75) is 12.6 Å². The van der Waals surface area contributed by atoms with Crippen molar-refractivity contribution in [2.75, 3.05) is 13.7 Å². The van der Waals surface area contributed by atoms with E-state index in [1.807, 2.05) is 0 Å². The van der Waals surface area contributed by atoms with Gasteiger partial charge in [0.05, 0.1) is 31.5 Å². The van der Waals surface area contributed by atoms with Crippen LogP contribution in [0.25, 0.3) is 5.76 Å². The highest BCUT2D eigenvalue weighted by molar-refractivity contribution is 6.46. The lowest BCUT2D eigenvalue weighted by molar-refractivity contribution is -0.140. The van der Waals surface area contributed by atoms with Crippen molar-refractivity contribution in [3.8, 4) is 11.5 Å². The van der Waals surface area contributed by atoms with Crippen LogP contribution in [0.2, 0.25) is 0 Å². The molecule has 0 unspecified atom stereocenters. The summed E-state index contributed by atoms with van der Waals surface area (Å²) in [6.45, 7) is 4.03. The minimum absolute atomic E-state index is 0.000399. The van der Waals surface area contributed by atoms with Crippen LogP contribution in [-0.2, 0) is 16.1 Å². The molecule has 1 saturated heterocycles. The number of Topliss-reactive ketones (excluding diaryl/α,β-unsaturated/α-hetero) is 1. The number of aliphatic hydroxyl groups is 1. The fourth-order valence-electron chi connectivity index (χ4n) is 3.79. The fourth-order valence-corrected chi connectivity index (χ4v) is 3.79. The molecule has 7 nitrogen and oxygen atoms in total. The first-order chi connectivity index (χ1) is 16.0. The Labute approximate surface area is 191 Å². The van der Waals surface area contributed by atoms with E-state index < -0.39 is 17.7 Å². The van der Waals surface area contributed by atoms with Gasteiger partial charge in [0.2, 0.25) is 0 Å². The lowest BCUT2D eigenvalue weighted by Crippen LogP contribution is -2.29. The van der Waals surface area contributed by atoms with E-state index in [1.165, 1.54) is 18.3 Å². The predicted octanol–water partition coefficient (Wildman–Crippen LogP) is 4.47. The van der Waals surface area contributed by atoms with Gasteiger partial charge < -0.3 is 23.9 Å². The lowest BCUT2D eigenvalue weighted by Gasteiger charge is -2.24. The van der Waals surface area contributed by atoms with Gasteiger partial charge in [-0.3, -0.25) is 9.59 Å². The van der Waals surface area contributed by atoms with Gasteiger partial charge in [-0.15, -0.1) is 0 Å². The number of ether oxygens (including phenoxy) is 2. The molecule has 1 aliphatic rings. The SMILES string of the molecule is C=CCOc1ccc(C(O)=C2C(=O)C(=O)N(Cc3ccco3)[C@H]2c2cccc(OC)c2)cc1. The topological polar surface area (TPSA) is 89.2 Å². The Hall–Kier alpha value is -4.26. The van der Waals surface area contributed by atoms with Crippen LogP contribution >= 0.6 is 0 Å². The van der Waals surface area contributed by atoms with E-state index in [9.17, 15) is 14.7 Å². The lowest BCUT2D eigenvalue weighted by atomic mass is 9.95. The number of likely N-dealkylation sites (tertiary alicyclic amines) is 1. The zero-order chi connectivity index (χ0) is 23.4. The van der Waals surface area contributed by atoms with Crippen LogP contribution in [-0.4, -0.2) is 35.4 Å². The zero-order valence-corrected chi connectivity index (χ0v) is 18.1. The van der Waals surface area contributed by atoms with Gasteiger partial charge >= 0.3 is 0 Å². The third-order valence-electron chi connectivity index (χ3n) is 5.35. The second-order valence-electron chi connectivity index (χ2n) is 7.41. The Bertz CT molecular complexity index is 1190. The van der Waals surface area contributed by atoms with Gasteiger partial charge in [-0.2, -0.15) is 0 Å². The Morgan fingerprint density at radius 1 is 1.12 bits per heavy atom. The zero-order valence-electron chi connectivity index (χ0n) is 18.1. The standard InChI is InChI=1S/C26H23NO6/c1-3-13-32-19-11-9-17(10-12-19)24(28)22-23(18-6-4-7-20(15-18)31-2)27(26(30)25(22)29)16-21-8-5-14-33-21/h3-12,14-15,23,28H,1,13,16H2,2H3/t23-/m0/s1. The molecule has 7 heteroatoms. The molecule has 1 aliphatic heterocycles. The summed E-state index contributed by atoms with van der Waals surface area (Å²) in [5.74, 6) is -0.0636. The smallest absolute Gasteiger partial charge is 0.296 e. The average Bonchev–Trinajstić information content (AvgIpc) is 3.45. The van der Waals surface area contributed by atoms with Gasteiger partial charge in [-0.1, -0.05) is 24.8 Å². The molecule has 1 amide bonds. The molecule has 0 saturated carbocycles. The summed E-state index contributed by atoms with van der Waals surface area (Å²) in [5.41, 5.74) is 1.03. The van der Waals surface area contributed by atoms with Crippen LogP contribution in [0.3, 0.4) is 0 Å². The second kappa shape index (κ2) is 9.48. The molecule has 1 aromatic heterocycles. The quantitative estimate of drug-likeness (QED) is 0.238. The maximum absolute atomic E-state index is 13.1. The molecule has 1 fully saturated rings. The van der Waals surface area contributed by atoms with E-state index >= 15 is 0 Å². The Balaban J connectivity index is 1.80. The Morgan fingerprint density at radius 2 is 1.91 bits per heavy atom. The number of hydrogen-bond acceptors (Lipinski definition) is 6. The molecule has 1 N–H and O–H groups in total. The molecule has 3 aromatic rings. The summed E-state index contributed by atoms with van der Waals surface area (Å²) in [7, 11) is 1.54. The third-order valence-corrected chi connectivity index (χ3v) is 5.35. The first kappa shape index (κ1) is 22.0. The minimum atomic E-state index is -0.818. The monoisotopic (exact) mass is 445 g/mol. The maximum Gasteiger partial charge on any atom is 0.296 e. The number of carbonyl (C=O) groups is 2. The number of furan rings is 1. The average molecular weight is 445 g/mol. The van der Waals surface area contributed by atoms with Crippen molar-refractivity contribution in [2.24, 2.45) is 0 Å². The van der Waals surface area contributed by atoms with Crippen LogP contribution < -0.4 is 9.47 Å². The van der Waals surface area contributed by atoms with Crippen molar-refractivity contribution in [3.05, 3.63) is 102 Å². The highest BCUT2D eigenvalue weighted by atomic mass is 16.5. The van der Waals surface area contributed by atoms with Gasteiger partial charge in [-0.05, 0) is 54.1 Å². The summed E-state index contributed by atoms with van der Waals surface area (Å²) < 4.78 is 16.2. The van der Waals surface area contributed by atoms with Crippen molar-refractivity contribution in [1.29, 1.82) is 0 Å². The van der Waals surface area contributed by atoms with Gasteiger partial charge in [0.15, 0.2) is 0 Å². The number of rotatable bonds is 8. The first-order valence-electron chi connectivity index (χ1n) is 10.3. The molecule has 0 radical (unpaired) electrons. The molecule has 33 heavy (non-hydrogen) atoms. The second-order valence-corrected chi connectivity index (χ2v) is 7.41. The number of amides is 1. The van der Waals surface area contributed by atoms with Crippen LogP contribution in [0, 0.1) is 0 Å². The Kier molecular flexibility index (Phi) is 6.31. The summed E-state index contributed by atoms with van der Waals surface area (Å²) in [6, 6.07) is 16.3. The van der Waals surface area contributed by atoms with Gasteiger partial charge in [0.1, 0.15) is 29.6 Å². The molecule has 0 bridgehead atoms. The van der Waals surface area contributed by atoms with E-state index in [0.29, 0.717) is 35.0 Å². The van der Waals surface area contributed by atoms with Gasteiger partial charge in [0.25, 0.3) is 11.7 Å². The van der Waals surface area contributed by atoms with E-state index in [1.54, 1.807) is 66.7 Å². The van der Waals surface area contributed by atoms with Crippen molar-refractivity contribution in [3.63, 3.8) is 0 Å². The number of aliphatic hydroxyl groups excluding tert-OH is 1. The number of carbonyl (C=O) groups excluding carboxylic acids is 2. The predicted molar refractivity (Wildman–Crippen MR) is 122 cm³/mol. The molecular weight excluding hydrogens is 422 g/mol. The molecule has 168 valence electrons. The Morgan fingerprint density at radius 3 is 2.58 bits per heavy atom. The summed E-state index contributed by atoms with van der Waals surface area (Å²) >= 11 is 0. The normalized spacial score (nSPS) is 17.2. The molecule has 0 aliphatic carbocycles. The number of nitrogens with zero attached hydrogens (tertiary/aromatic N) is 1. The van der Waals surface area contributed by atoms with Crippen molar-refractivity contribution >= 4 is 17.4 Å². The summed E-state index contributed by atoms with van der Waals surface area (Å²) in [5, 5.41) is 11.1. The van der Waals surface area contributed by atoms with Gasteiger partial charge in [-0.25, -0.2) is 0 Å². The highest BCUT2D eigenvalue weighted by Crippen LogP contribution is 2.41. The first-order valence-corrected chi connectivity index (χ1v) is 10.3. The van der Waals surface area contributed by atoms with Crippen molar-refractivity contribution < 1.29 is 28.6 Å². The highest BCUT2D eigenvalue weighted by Gasteiger charge is 2.46.